The van der Waals surface area contributed by atoms with Gasteiger partial charge >= 0.3 is 40.4 Å². The van der Waals surface area contributed by atoms with Crippen molar-refractivity contribution in [2.75, 3.05) is 0 Å². The number of halogens is 3. The second-order valence-electron chi connectivity index (χ2n) is 8.53. The predicted octanol–water partition coefficient (Wildman–Crippen LogP) is 5.20. The Labute approximate surface area is 172 Å². The Hall–Kier alpha value is 0.154. The molecule has 0 radical (unpaired) electrons. The van der Waals surface area contributed by atoms with Crippen LogP contribution in [0.5, 0.6) is 0 Å². The van der Waals surface area contributed by atoms with Crippen molar-refractivity contribution in [3.63, 3.8) is 0 Å². The van der Waals surface area contributed by atoms with Gasteiger partial charge in [-0.15, -0.1) is 13.2 Å². The highest BCUT2D eigenvalue weighted by atomic mass is 28.5. The Kier molecular flexibility index (Phi) is 9.58. The van der Waals surface area contributed by atoms with Gasteiger partial charge in [-0.1, -0.05) is 11.4 Å². The van der Waals surface area contributed by atoms with Crippen LogP contribution in [0.1, 0.15) is 6.42 Å². The molecule has 1 N–H and O–H groups in total. The molecule has 0 bridgehead atoms. The van der Waals surface area contributed by atoms with E-state index in [0.29, 0.717) is 0 Å². The fraction of sp³-hybridized carbons (Fsp3) is 0.733. The average molecular weight is 493 g/mol. The third-order valence-corrected chi connectivity index (χ3v) is 21.5. The molecule has 2 atom stereocenters. The van der Waals surface area contributed by atoms with Crippen molar-refractivity contribution in [2.45, 2.75) is 71.0 Å². The maximum Gasteiger partial charge on any atom is 0.389 e. The van der Waals surface area contributed by atoms with Crippen LogP contribution in [0.3, 0.4) is 0 Å². The minimum Gasteiger partial charge on any atom is -0.433 e. The molecule has 2 unspecified atom stereocenters. The second-order valence-corrected chi connectivity index (χ2v) is 26.3. The largest absolute Gasteiger partial charge is 0.433 e. The summed E-state index contributed by atoms with van der Waals surface area (Å²) in [6, 6.07) is -0.457. The van der Waals surface area contributed by atoms with E-state index in [9.17, 15) is 18.0 Å². The van der Waals surface area contributed by atoms with Crippen molar-refractivity contribution >= 4 is 42.6 Å². The zero-order valence-corrected chi connectivity index (χ0v) is 23.2. The molecule has 0 amide bonds. The molecule has 13 heteroatoms. The van der Waals surface area contributed by atoms with Crippen LogP contribution in [0.4, 0.5) is 13.2 Å². The van der Waals surface area contributed by atoms with Gasteiger partial charge < -0.3 is 21.3 Å². The number of rotatable bonds is 12. The molecule has 0 aromatic carbocycles. The number of alkyl halides is 3. The molecule has 5 nitrogen and oxygen atoms in total. The van der Waals surface area contributed by atoms with Gasteiger partial charge in [0.1, 0.15) is 0 Å². The highest BCUT2D eigenvalue weighted by molar-refractivity contribution is 6.92. The Morgan fingerprint density at radius 2 is 1.25 bits per heavy atom. The second kappa shape index (κ2) is 9.53. The van der Waals surface area contributed by atoms with E-state index in [1.165, 1.54) is 12.2 Å². The highest BCUT2D eigenvalue weighted by Crippen LogP contribution is 2.30. The third-order valence-electron chi connectivity index (χ3n) is 3.61. The van der Waals surface area contributed by atoms with Gasteiger partial charge in [0.25, 0.3) is 0 Å². The summed E-state index contributed by atoms with van der Waals surface area (Å²) in [4.78, 5) is 10.4. The van der Waals surface area contributed by atoms with E-state index in [0.717, 1.165) is 0 Å². The van der Waals surface area contributed by atoms with Crippen molar-refractivity contribution in [3.8, 4) is 0 Å². The van der Waals surface area contributed by atoms with Crippen molar-refractivity contribution in [2.24, 2.45) is 0 Å². The van der Waals surface area contributed by atoms with Crippen LogP contribution in [-0.2, 0) is 16.5 Å². The van der Waals surface area contributed by atoms with Crippen LogP contribution in [0.25, 0.3) is 0 Å². The summed E-state index contributed by atoms with van der Waals surface area (Å²) in [6.07, 6.45) is -5.44. The monoisotopic (exact) mass is 492 g/mol. The van der Waals surface area contributed by atoms with Crippen LogP contribution in [0.2, 0.25) is 58.4 Å². The molecule has 166 valence electrons. The summed E-state index contributed by atoms with van der Waals surface area (Å²) in [5.41, 5.74) is 3.30. The number of hydrogen-bond acceptors (Lipinski definition) is 5. The summed E-state index contributed by atoms with van der Waals surface area (Å²) in [5, 5.41) is 0. The first kappa shape index (κ1) is 28.2. The van der Waals surface area contributed by atoms with E-state index >= 15 is 0 Å². The third kappa shape index (κ3) is 12.0. The minimum absolute atomic E-state index is 0.457. The Morgan fingerprint density at radius 1 is 0.786 bits per heavy atom. The first-order valence-electron chi connectivity index (χ1n) is 9.02. The Bertz CT molecular complexity index is 555. The first-order valence-corrected chi connectivity index (χ1v) is 22.6. The number of hydrogen-bond donors (Lipinski definition) is 1. The summed E-state index contributed by atoms with van der Waals surface area (Å²) < 4.78 is 62.0. The van der Waals surface area contributed by atoms with Gasteiger partial charge in [0.2, 0.25) is 0 Å². The molecular formula is C15H35F3O5Si5. The zero-order valence-electron chi connectivity index (χ0n) is 18.2. The van der Waals surface area contributed by atoms with Crippen molar-refractivity contribution in [3.05, 3.63) is 24.6 Å². The van der Waals surface area contributed by atoms with Crippen LogP contribution < -0.4 is 0 Å². The van der Waals surface area contributed by atoms with Crippen molar-refractivity contribution < 1.29 is 34.4 Å². The highest BCUT2D eigenvalue weighted by Gasteiger charge is 2.48. The molecule has 0 rings (SSSR count). The lowest BCUT2D eigenvalue weighted by molar-refractivity contribution is -0.131. The van der Waals surface area contributed by atoms with Gasteiger partial charge in [-0.05, 0) is 58.4 Å². The molecule has 0 aliphatic heterocycles. The summed E-state index contributed by atoms with van der Waals surface area (Å²) in [6.45, 7) is 22.1. The molecule has 0 spiro atoms. The molecule has 0 aromatic rings. The van der Waals surface area contributed by atoms with E-state index in [4.69, 9.17) is 16.5 Å². The standard InChI is InChI=1S/C15H35F3O5Si5/c1-11-24(3,4)20-25(5,6)21-26(7,8)22-28(10,12-2)23-27(9,19)14-13-15(16,17)18/h11-12,19H,1-2,13-14H2,3-10H3. The lowest BCUT2D eigenvalue weighted by Crippen LogP contribution is -2.59. The van der Waals surface area contributed by atoms with Crippen LogP contribution in [0.15, 0.2) is 24.6 Å². The Morgan fingerprint density at radius 3 is 1.64 bits per heavy atom. The maximum atomic E-state index is 12.5. The fourth-order valence-corrected chi connectivity index (χ4v) is 23.7. The van der Waals surface area contributed by atoms with E-state index in [2.05, 4.69) is 13.2 Å². The van der Waals surface area contributed by atoms with Crippen LogP contribution in [-0.4, -0.2) is 53.5 Å². The first-order chi connectivity index (χ1) is 12.2. The summed E-state index contributed by atoms with van der Waals surface area (Å²) in [5.74, 6) is 0. The molecule has 0 heterocycles. The molecule has 0 aliphatic rings. The maximum absolute atomic E-state index is 12.5. The van der Waals surface area contributed by atoms with E-state index < -0.39 is 61.2 Å². The van der Waals surface area contributed by atoms with Gasteiger partial charge in [-0.25, -0.2) is 0 Å². The smallest absolute Gasteiger partial charge is 0.389 e. The van der Waals surface area contributed by atoms with Crippen LogP contribution >= 0.6 is 0 Å². The fourth-order valence-electron chi connectivity index (χ4n) is 2.76. The van der Waals surface area contributed by atoms with Gasteiger partial charge in [-0.3, -0.25) is 0 Å². The molecule has 28 heavy (non-hydrogen) atoms. The van der Waals surface area contributed by atoms with E-state index in [1.807, 2.05) is 45.0 Å². The summed E-state index contributed by atoms with van der Waals surface area (Å²) >= 11 is 0. The van der Waals surface area contributed by atoms with Gasteiger partial charge in [0.05, 0.1) is 0 Å². The van der Waals surface area contributed by atoms with Gasteiger partial charge in [-0.2, -0.15) is 13.2 Å². The van der Waals surface area contributed by atoms with Gasteiger partial charge in [0.15, 0.2) is 8.32 Å². The summed E-state index contributed by atoms with van der Waals surface area (Å²) in [7, 11) is -14.1. The van der Waals surface area contributed by atoms with Gasteiger partial charge in [0, 0.05) is 6.42 Å². The quantitative estimate of drug-likeness (QED) is 0.379. The average Bonchev–Trinajstić information content (AvgIpc) is 2.40. The molecule has 0 saturated carbocycles. The lowest BCUT2D eigenvalue weighted by atomic mass is 10.5. The van der Waals surface area contributed by atoms with Crippen molar-refractivity contribution in [1.29, 1.82) is 0 Å². The zero-order chi connectivity index (χ0) is 22.7. The molecular weight excluding hydrogens is 458 g/mol. The molecule has 0 aliphatic carbocycles. The minimum atomic E-state index is -4.35. The molecule has 0 aromatic heterocycles. The molecule has 0 fully saturated rings. The van der Waals surface area contributed by atoms with E-state index in [-0.39, 0.29) is 0 Å². The topological polar surface area (TPSA) is 57.2 Å². The van der Waals surface area contributed by atoms with Crippen LogP contribution in [0, 0.1) is 0 Å². The molecule has 0 saturated heterocycles. The SMILES string of the molecule is C=C[Si](C)(C)O[Si](C)(C)O[Si](C)(C)O[Si](C)(C=C)O[Si](C)(O)CCC(F)(F)F. The van der Waals surface area contributed by atoms with E-state index in [1.54, 1.807) is 6.55 Å². The Balaban J connectivity index is 5.22. The van der Waals surface area contributed by atoms with Crippen molar-refractivity contribution in [1.82, 2.24) is 0 Å². The normalized spacial score (nSPS) is 18.3. The predicted molar refractivity (Wildman–Crippen MR) is 118 cm³/mol. The lowest BCUT2D eigenvalue weighted by Gasteiger charge is -2.41.